The van der Waals surface area contributed by atoms with Gasteiger partial charge in [0.15, 0.2) is 5.69 Å². The average Bonchev–Trinajstić information content (AvgIpc) is 3.58. The number of hydrogen-bond donors (Lipinski definition) is 2. The lowest BCUT2D eigenvalue weighted by Gasteiger charge is -2.10. The largest absolute Gasteiger partial charge is 0.472 e. The number of H-pyrrole nitrogens is 1. The van der Waals surface area contributed by atoms with Gasteiger partial charge < -0.3 is 0 Å². The topological polar surface area (TPSA) is 138 Å². The molecule has 3 aromatic carbocycles. The normalized spacial score (nSPS) is 11.7. The average molecular weight is 610 g/mol. The molecule has 212 valence electrons. The number of benzene rings is 3. The molecule has 0 aliphatic heterocycles. The van der Waals surface area contributed by atoms with E-state index in [4.69, 9.17) is 0 Å². The number of carbonyl (C=O) groups is 1. The number of thiazole rings is 1. The maximum absolute atomic E-state index is 13.6. The molecule has 2 heterocycles. The van der Waals surface area contributed by atoms with Gasteiger partial charge in [-0.15, -0.1) is 11.3 Å². The van der Waals surface area contributed by atoms with Crippen molar-refractivity contribution in [3.8, 4) is 33.6 Å². The zero-order valence-electron chi connectivity index (χ0n) is 21.2. The number of sulfonamides is 1. The van der Waals surface area contributed by atoms with E-state index in [0.717, 1.165) is 39.3 Å². The summed E-state index contributed by atoms with van der Waals surface area (Å²) in [6, 6.07) is 23.7. The van der Waals surface area contributed by atoms with Crippen LogP contribution in [0.5, 0.6) is 0 Å². The molecule has 0 aliphatic carbocycles. The van der Waals surface area contributed by atoms with Crippen molar-refractivity contribution in [3.05, 3.63) is 111 Å². The van der Waals surface area contributed by atoms with Crippen LogP contribution < -0.4 is 10.3 Å². The fraction of sp³-hybridized carbons (Fsp3) is 0.0714. The third-order valence-corrected chi connectivity index (χ3v) is 8.31. The van der Waals surface area contributed by atoms with Crippen LogP contribution in [-0.2, 0) is 21.2 Å². The van der Waals surface area contributed by atoms with E-state index >= 15 is 0 Å². The van der Waals surface area contributed by atoms with Crippen LogP contribution in [0.15, 0.2) is 93.9 Å². The van der Waals surface area contributed by atoms with Gasteiger partial charge in [-0.1, -0.05) is 60.7 Å². The number of aromatic amines is 1. The fourth-order valence-corrected chi connectivity index (χ4v) is 5.82. The third-order valence-electron chi connectivity index (χ3n) is 6.14. The van der Waals surface area contributed by atoms with Gasteiger partial charge >= 0.3 is 12.1 Å². The maximum atomic E-state index is 13.6. The number of aromatic nitrogens is 3. The lowest BCUT2D eigenvalue weighted by atomic mass is 9.98. The molecule has 0 bridgehead atoms. The van der Waals surface area contributed by atoms with Crippen LogP contribution >= 0.6 is 11.3 Å². The van der Waals surface area contributed by atoms with Crippen LogP contribution in [0.3, 0.4) is 0 Å². The highest BCUT2D eigenvalue weighted by Crippen LogP contribution is 2.29. The number of rotatable bonds is 7. The number of nitriles is 1. The van der Waals surface area contributed by atoms with Crippen molar-refractivity contribution in [1.82, 2.24) is 19.5 Å². The Hall–Kier alpha value is -5.00. The lowest BCUT2D eigenvalue weighted by Crippen LogP contribution is -2.40. The van der Waals surface area contributed by atoms with Crippen LogP contribution in [0.1, 0.15) is 16.8 Å². The van der Waals surface area contributed by atoms with Gasteiger partial charge in [-0.05, 0) is 34.9 Å². The zero-order chi connectivity index (χ0) is 30.1. The summed E-state index contributed by atoms with van der Waals surface area (Å²) in [6.45, 7) is 0. The van der Waals surface area contributed by atoms with Gasteiger partial charge in [-0.3, -0.25) is 14.7 Å². The minimum absolute atomic E-state index is 0.0128. The molecule has 9 nitrogen and oxygen atoms in total. The first-order chi connectivity index (χ1) is 20.0. The number of hydrogen-bond acceptors (Lipinski definition) is 7. The van der Waals surface area contributed by atoms with Crippen molar-refractivity contribution in [2.75, 3.05) is 0 Å². The second-order valence-electron chi connectivity index (χ2n) is 8.93. The van der Waals surface area contributed by atoms with E-state index in [0.29, 0.717) is 22.4 Å². The molecule has 0 aliphatic rings. The molecule has 2 N–H and O–H groups in total. The van der Waals surface area contributed by atoms with E-state index in [1.165, 1.54) is 22.2 Å². The van der Waals surface area contributed by atoms with Crippen molar-refractivity contribution in [1.29, 1.82) is 5.26 Å². The molecular weight excluding hydrogens is 591 g/mol. The van der Waals surface area contributed by atoms with E-state index < -0.39 is 32.6 Å². The summed E-state index contributed by atoms with van der Waals surface area (Å²) >= 11 is 1.09. The van der Waals surface area contributed by atoms with Crippen LogP contribution in [0, 0.1) is 11.3 Å². The Morgan fingerprint density at radius 1 is 1.00 bits per heavy atom. The van der Waals surface area contributed by atoms with Crippen LogP contribution in [0.2, 0.25) is 0 Å². The second-order valence-corrected chi connectivity index (χ2v) is 11.5. The first-order valence-corrected chi connectivity index (χ1v) is 14.4. The molecule has 0 unspecified atom stereocenters. The van der Waals surface area contributed by atoms with E-state index in [1.807, 2.05) is 60.7 Å². The van der Waals surface area contributed by atoms with Crippen molar-refractivity contribution in [2.45, 2.75) is 17.5 Å². The van der Waals surface area contributed by atoms with Crippen LogP contribution in [0.25, 0.3) is 27.5 Å². The third kappa shape index (κ3) is 5.87. The SMILES string of the molecule is N#Cc1csc(-n2[nH]c(-c3cccc(-c4ccccc4)c3)c(Cc3ccc(S(=O)(=O)NC(=O)C(F)(F)F)cc3)c2=O)n1. The van der Waals surface area contributed by atoms with Crippen LogP contribution in [0.4, 0.5) is 13.2 Å². The molecule has 1 amide bonds. The quantitative estimate of drug-likeness (QED) is 0.272. The van der Waals surface area contributed by atoms with E-state index in [2.05, 4.69) is 10.1 Å². The van der Waals surface area contributed by atoms with Crippen molar-refractivity contribution >= 4 is 27.3 Å². The summed E-state index contributed by atoms with van der Waals surface area (Å²) in [5.74, 6) is -2.61. The molecule has 5 rings (SSSR count). The molecule has 0 saturated heterocycles. The molecule has 0 saturated carbocycles. The number of amides is 1. The summed E-state index contributed by atoms with van der Waals surface area (Å²) in [5.41, 5.74) is 3.43. The standard InChI is InChI=1S/C28H18F3N5O4S2/c29-28(30,31)26(38)35-42(39,40)22-11-9-17(10-12-22)13-23-24(34-36(25(23)37)27-33-21(15-32)16-41-27)20-8-4-7-19(14-20)18-5-2-1-3-6-18/h1-12,14,16,34H,13H2,(H,35,38). The molecule has 0 radical (unpaired) electrons. The van der Waals surface area contributed by atoms with Gasteiger partial charge in [0.2, 0.25) is 5.13 Å². The van der Waals surface area contributed by atoms with Gasteiger partial charge in [0, 0.05) is 22.9 Å². The molecule has 5 aromatic rings. The maximum Gasteiger partial charge on any atom is 0.472 e. The van der Waals surface area contributed by atoms with E-state index in [1.54, 1.807) is 0 Å². The Morgan fingerprint density at radius 3 is 2.31 bits per heavy atom. The Kier molecular flexibility index (Phi) is 7.55. The van der Waals surface area contributed by atoms with Crippen molar-refractivity contribution in [2.24, 2.45) is 0 Å². The summed E-state index contributed by atoms with van der Waals surface area (Å²) in [4.78, 5) is 28.4. The van der Waals surface area contributed by atoms with Gasteiger partial charge in [0.1, 0.15) is 6.07 Å². The Bertz CT molecular complexity index is 1990. The number of alkyl halides is 3. The summed E-state index contributed by atoms with van der Waals surface area (Å²) < 4.78 is 64.4. The van der Waals surface area contributed by atoms with E-state index in [-0.39, 0.29) is 17.2 Å². The Balaban J connectivity index is 1.54. The van der Waals surface area contributed by atoms with Crippen molar-refractivity contribution < 1.29 is 26.4 Å². The second kappa shape index (κ2) is 11.1. The monoisotopic (exact) mass is 609 g/mol. The number of nitrogens with one attached hydrogen (secondary N) is 2. The first kappa shape index (κ1) is 28.5. The van der Waals surface area contributed by atoms with Gasteiger partial charge in [-0.2, -0.15) is 23.1 Å². The zero-order valence-corrected chi connectivity index (χ0v) is 22.8. The first-order valence-electron chi connectivity index (χ1n) is 12.0. The number of carbonyl (C=O) groups excluding carboxylic acids is 1. The molecule has 0 fully saturated rings. The minimum Gasteiger partial charge on any atom is -0.288 e. The molecule has 14 heteroatoms. The predicted molar refractivity (Wildman–Crippen MR) is 148 cm³/mol. The highest BCUT2D eigenvalue weighted by atomic mass is 32.2. The highest BCUT2D eigenvalue weighted by molar-refractivity contribution is 7.90. The van der Waals surface area contributed by atoms with Gasteiger partial charge in [0.25, 0.3) is 15.6 Å². The summed E-state index contributed by atoms with van der Waals surface area (Å²) in [6.07, 6.45) is -5.36. The predicted octanol–water partition coefficient (Wildman–Crippen LogP) is 4.79. The number of nitrogens with zero attached hydrogens (tertiary/aromatic N) is 3. The summed E-state index contributed by atoms with van der Waals surface area (Å²) in [5, 5.41) is 14.0. The molecule has 42 heavy (non-hydrogen) atoms. The fourth-order valence-electron chi connectivity index (χ4n) is 4.14. The molecular formula is C28H18F3N5O4S2. The lowest BCUT2D eigenvalue weighted by molar-refractivity contribution is -0.171. The van der Waals surface area contributed by atoms with Crippen LogP contribution in [-0.4, -0.2) is 35.3 Å². The van der Waals surface area contributed by atoms with Gasteiger partial charge in [0.05, 0.1) is 10.6 Å². The van der Waals surface area contributed by atoms with E-state index in [9.17, 15) is 36.4 Å². The Morgan fingerprint density at radius 2 is 1.67 bits per heavy atom. The number of halogens is 3. The minimum atomic E-state index is -5.37. The molecule has 0 atom stereocenters. The smallest absolute Gasteiger partial charge is 0.288 e. The molecule has 2 aromatic heterocycles. The highest BCUT2D eigenvalue weighted by Gasteiger charge is 2.41. The van der Waals surface area contributed by atoms with Gasteiger partial charge in [-0.25, -0.2) is 18.1 Å². The summed E-state index contributed by atoms with van der Waals surface area (Å²) in [7, 11) is -4.78. The Labute approximate surface area is 240 Å². The molecule has 0 spiro atoms. The van der Waals surface area contributed by atoms with Crippen molar-refractivity contribution in [3.63, 3.8) is 0 Å².